The van der Waals surface area contributed by atoms with E-state index in [-0.39, 0.29) is 6.04 Å². The smallest absolute Gasteiger partial charge is 0.137 e. The van der Waals surface area contributed by atoms with Gasteiger partial charge in [-0.05, 0) is 51.8 Å². The predicted octanol–water partition coefficient (Wildman–Crippen LogP) is 4.88. The van der Waals surface area contributed by atoms with Crippen LogP contribution in [-0.4, -0.2) is 13.7 Å². The van der Waals surface area contributed by atoms with Gasteiger partial charge in [0.2, 0.25) is 0 Å². The lowest BCUT2D eigenvalue weighted by Crippen LogP contribution is -2.20. The van der Waals surface area contributed by atoms with Crippen molar-refractivity contribution in [1.29, 1.82) is 0 Å². The molecular formula is C15H15BrCl2N2O. The summed E-state index contributed by atoms with van der Waals surface area (Å²) in [5, 5.41) is 4.55. The van der Waals surface area contributed by atoms with E-state index in [1.807, 2.05) is 36.4 Å². The van der Waals surface area contributed by atoms with Gasteiger partial charge in [0.15, 0.2) is 0 Å². The van der Waals surface area contributed by atoms with Gasteiger partial charge in [-0.2, -0.15) is 0 Å². The number of anilines is 1. The summed E-state index contributed by atoms with van der Waals surface area (Å²) in [6.07, 6.45) is 0. The number of rotatable bonds is 5. The Hall–Kier alpha value is -0.940. The molecule has 112 valence electrons. The van der Waals surface area contributed by atoms with Crippen molar-refractivity contribution in [2.75, 3.05) is 19.0 Å². The van der Waals surface area contributed by atoms with Crippen molar-refractivity contribution < 1.29 is 4.74 Å². The minimum Gasteiger partial charge on any atom is -0.495 e. The van der Waals surface area contributed by atoms with Gasteiger partial charge in [-0.15, -0.1) is 0 Å². The Kier molecular flexibility index (Phi) is 5.76. The number of halogens is 3. The summed E-state index contributed by atoms with van der Waals surface area (Å²) in [7, 11) is 1.59. The molecule has 0 spiro atoms. The second-order valence-corrected chi connectivity index (χ2v) is 6.12. The Labute approximate surface area is 142 Å². The van der Waals surface area contributed by atoms with Crippen LogP contribution < -0.4 is 15.8 Å². The van der Waals surface area contributed by atoms with E-state index in [9.17, 15) is 0 Å². The molecule has 0 heterocycles. The minimum absolute atomic E-state index is 0.0642. The molecule has 21 heavy (non-hydrogen) atoms. The van der Waals surface area contributed by atoms with Gasteiger partial charge in [0.05, 0.1) is 23.2 Å². The first-order valence-corrected chi connectivity index (χ1v) is 7.85. The number of hydrogen-bond acceptors (Lipinski definition) is 3. The van der Waals surface area contributed by atoms with Gasteiger partial charge in [-0.1, -0.05) is 29.3 Å². The van der Waals surface area contributed by atoms with E-state index in [0.29, 0.717) is 22.3 Å². The van der Waals surface area contributed by atoms with Gasteiger partial charge in [0.25, 0.3) is 0 Å². The highest BCUT2D eigenvalue weighted by molar-refractivity contribution is 9.10. The van der Waals surface area contributed by atoms with E-state index >= 15 is 0 Å². The number of hydrogen-bond donors (Lipinski definition) is 2. The number of nitrogens with two attached hydrogens (primary N) is 1. The molecular weight excluding hydrogens is 375 g/mol. The van der Waals surface area contributed by atoms with Crippen LogP contribution in [0.4, 0.5) is 5.69 Å². The average Bonchev–Trinajstić information content (AvgIpc) is 2.48. The average molecular weight is 390 g/mol. The van der Waals surface area contributed by atoms with E-state index in [4.69, 9.17) is 33.7 Å². The lowest BCUT2D eigenvalue weighted by Gasteiger charge is -2.20. The third kappa shape index (κ3) is 4.04. The fourth-order valence-corrected chi connectivity index (χ4v) is 2.66. The van der Waals surface area contributed by atoms with Crippen molar-refractivity contribution in [1.82, 2.24) is 0 Å². The van der Waals surface area contributed by atoms with Crippen molar-refractivity contribution in [2.24, 2.45) is 5.73 Å². The topological polar surface area (TPSA) is 47.3 Å². The highest BCUT2D eigenvalue weighted by Gasteiger charge is 2.12. The summed E-state index contributed by atoms with van der Waals surface area (Å²) in [4.78, 5) is 0. The van der Waals surface area contributed by atoms with E-state index < -0.39 is 0 Å². The van der Waals surface area contributed by atoms with Crippen molar-refractivity contribution in [3.8, 4) is 5.75 Å². The van der Waals surface area contributed by atoms with Crippen molar-refractivity contribution >= 4 is 44.8 Å². The predicted molar refractivity (Wildman–Crippen MR) is 92.6 cm³/mol. The fourth-order valence-electron chi connectivity index (χ4n) is 1.96. The third-order valence-corrected chi connectivity index (χ3v) is 4.60. The molecule has 0 aliphatic carbocycles. The molecule has 0 aliphatic rings. The molecule has 0 bridgehead atoms. The zero-order valence-electron chi connectivity index (χ0n) is 11.4. The third-order valence-electron chi connectivity index (χ3n) is 3.07. The van der Waals surface area contributed by atoms with Crippen LogP contribution in [0.3, 0.4) is 0 Å². The van der Waals surface area contributed by atoms with Crippen LogP contribution >= 0.6 is 39.1 Å². The van der Waals surface area contributed by atoms with Crippen LogP contribution in [0.1, 0.15) is 11.6 Å². The molecule has 6 heteroatoms. The van der Waals surface area contributed by atoms with Gasteiger partial charge in [0, 0.05) is 16.7 Å². The highest BCUT2D eigenvalue weighted by atomic mass is 79.9. The summed E-state index contributed by atoms with van der Waals surface area (Å²) in [5.74, 6) is 0.642. The Bertz CT molecular complexity index is 637. The van der Waals surface area contributed by atoms with Gasteiger partial charge in [0.1, 0.15) is 5.75 Å². The van der Waals surface area contributed by atoms with Crippen LogP contribution in [-0.2, 0) is 0 Å². The maximum absolute atomic E-state index is 6.16. The highest BCUT2D eigenvalue weighted by Crippen LogP contribution is 2.30. The molecule has 2 rings (SSSR count). The first kappa shape index (κ1) is 16.4. The van der Waals surface area contributed by atoms with Gasteiger partial charge in [-0.3, -0.25) is 0 Å². The number of benzene rings is 2. The Balaban J connectivity index is 2.23. The molecule has 0 aliphatic heterocycles. The van der Waals surface area contributed by atoms with E-state index in [0.717, 1.165) is 15.7 Å². The van der Waals surface area contributed by atoms with Crippen LogP contribution in [0.25, 0.3) is 0 Å². The number of ether oxygens (including phenoxy) is 1. The molecule has 3 nitrogen and oxygen atoms in total. The number of nitrogens with one attached hydrogen (secondary N) is 1. The van der Waals surface area contributed by atoms with Crippen molar-refractivity contribution in [2.45, 2.75) is 6.04 Å². The second kappa shape index (κ2) is 7.36. The molecule has 0 saturated carbocycles. The first-order valence-electron chi connectivity index (χ1n) is 6.30. The SMILES string of the molecule is COc1ccc(C(CN)Nc2ccc(Br)c(Cl)c2)cc1Cl. The van der Waals surface area contributed by atoms with Crippen LogP contribution in [0.5, 0.6) is 5.75 Å². The molecule has 0 fully saturated rings. The normalized spacial score (nSPS) is 12.0. The van der Waals surface area contributed by atoms with Crippen molar-refractivity contribution in [3.63, 3.8) is 0 Å². The molecule has 0 radical (unpaired) electrons. The lowest BCUT2D eigenvalue weighted by atomic mass is 10.1. The summed E-state index contributed by atoms with van der Waals surface area (Å²) in [6.45, 7) is 0.427. The summed E-state index contributed by atoms with van der Waals surface area (Å²) < 4.78 is 6.01. The maximum Gasteiger partial charge on any atom is 0.137 e. The summed E-state index contributed by atoms with van der Waals surface area (Å²) in [5.41, 5.74) is 7.74. The first-order chi connectivity index (χ1) is 10.0. The Morgan fingerprint density at radius 1 is 1.19 bits per heavy atom. The van der Waals surface area contributed by atoms with Gasteiger partial charge in [-0.25, -0.2) is 0 Å². The Morgan fingerprint density at radius 3 is 2.52 bits per heavy atom. The Morgan fingerprint density at radius 2 is 1.95 bits per heavy atom. The lowest BCUT2D eigenvalue weighted by molar-refractivity contribution is 0.415. The summed E-state index contributed by atoms with van der Waals surface area (Å²) >= 11 is 15.6. The van der Waals surface area contributed by atoms with Crippen LogP contribution in [0.15, 0.2) is 40.9 Å². The number of methoxy groups -OCH3 is 1. The van der Waals surface area contributed by atoms with E-state index in [2.05, 4.69) is 21.2 Å². The molecule has 3 N–H and O–H groups in total. The molecule has 0 aromatic heterocycles. The quantitative estimate of drug-likeness (QED) is 0.766. The van der Waals surface area contributed by atoms with E-state index in [1.165, 1.54) is 0 Å². The molecule has 1 unspecified atom stereocenters. The maximum atomic E-state index is 6.16. The molecule has 0 saturated heterocycles. The molecule has 1 atom stereocenters. The minimum atomic E-state index is -0.0642. The van der Waals surface area contributed by atoms with Crippen LogP contribution in [0.2, 0.25) is 10.0 Å². The second-order valence-electron chi connectivity index (χ2n) is 4.46. The van der Waals surface area contributed by atoms with Crippen LogP contribution in [0, 0.1) is 0 Å². The van der Waals surface area contributed by atoms with Crippen molar-refractivity contribution in [3.05, 3.63) is 56.5 Å². The zero-order valence-corrected chi connectivity index (χ0v) is 14.5. The molecule has 2 aromatic rings. The van der Waals surface area contributed by atoms with Gasteiger partial charge < -0.3 is 15.8 Å². The van der Waals surface area contributed by atoms with E-state index in [1.54, 1.807) is 7.11 Å². The largest absolute Gasteiger partial charge is 0.495 e. The monoisotopic (exact) mass is 388 g/mol. The molecule has 0 amide bonds. The molecule has 2 aromatic carbocycles. The zero-order chi connectivity index (χ0) is 15.4. The van der Waals surface area contributed by atoms with Gasteiger partial charge >= 0.3 is 0 Å². The summed E-state index contributed by atoms with van der Waals surface area (Å²) in [6, 6.07) is 11.2. The fraction of sp³-hybridized carbons (Fsp3) is 0.200. The standard InChI is InChI=1S/C15H15BrCl2N2O/c1-21-15-5-2-9(6-13(15)18)14(8-19)20-10-3-4-11(16)12(17)7-10/h2-7,14,20H,8,19H2,1H3.